The summed E-state index contributed by atoms with van der Waals surface area (Å²) >= 11 is 0. The van der Waals surface area contributed by atoms with E-state index in [-0.39, 0.29) is 0 Å². The minimum atomic E-state index is 0.384. The van der Waals surface area contributed by atoms with Gasteiger partial charge in [-0.2, -0.15) is 0 Å². The van der Waals surface area contributed by atoms with E-state index in [1.165, 1.54) is 0 Å². The number of rotatable bonds is 3. The zero-order chi connectivity index (χ0) is 9.84. The highest BCUT2D eigenvalue weighted by Gasteiger charge is 2.08. The molecule has 0 aliphatic rings. The zero-order valence-electron chi connectivity index (χ0n) is 8.12. The van der Waals surface area contributed by atoms with Crippen molar-refractivity contribution in [1.29, 1.82) is 0 Å². The quantitative estimate of drug-likeness (QED) is 0.704. The fraction of sp³-hybridized carbons (Fsp3) is 0.273. The topological polar surface area (TPSA) is 25.8 Å². The van der Waals surface area contributed by atoms with Gasteiger partial charge in [-0.1, -0.05) is 33.1 Å². The molecule has 0 saturated carbocycles. The number of nitrogens with zero attached hydrogens (tertiary/aromatic N) is 2. The molecule has 1 aromatic heterocycles. The monoisotopic (exact) mass is 174 g/mol. The molecule has 0 fully saturated rings. The van der Waals surface area contributed by atoms with Gasteiger partial charge < -0.3 is 0 Å². The molecular formula is C11H14N2. The molecule has 0 aliphatic carbocycles. The van der Waals surface area contributed by atoms with Gasteiger partial charge in [0.1, 0.15) is 6.33 Å². The van der Waals surface area contributed by atoms with Crippen molar-refractivity contribution < 1.29 is 0 Å². The van der Waals surface area contributed by atoms with Crippen molar-refractivity contribution in [2.24, 2.45) is 0 Å². The summed E-state index contributed by atoms with van der Waals surface area (Å²) in [6, 6.07) is 0. The molecule has 1 rings (SSSR count). The minimum Gasteiger partial charge on any atom is -0.240 e. The first kappa shape index (κ1) is 9.65. The third-order valence-corrected chi connectivity index (χ3v) is 1.89. The normalized spacial score (nSPS) is 10.1. The van der Waals surface area contributed by atoms with E-state index in [4.69, 9.17) is 0 Å². The molecule has 0 bridgehead atoms. The molecule has 0 radical (unpaired) electrons. The van der Waals surface area contributed by atoms with Crippen LogP contribution in [-0.2, 0) is 0 Å². The van der Waals surface area contributed by atoms with Gasteiger partial charge in [0.25, 0.3) is 0 Å². The summed E-state index contributed by atoms with van der Waals surface area (Å²) in [6.07, 6.45) is 5.08. The van der Waals surface area contributed by atoms with E-state index < -0.39 is 0 Å². The fourth-order valence-corrected chi connectivity index (χ4v) is 1.26. The summed E-state index contributed by atoms with van der Waals surface area (Å²) < 4.78 is 0. The molecular weight excluding hydrogens is 160 g/mol. The predicted molar refractivity (Wildman–Crippen MR) is 56.3 cm³/mol. The van der Waals surface area contributed by atoms with Crippen LogP contribution in [0.25, 0.3) is 12.2 Å². The maximum atomic E-state index is 4.23. The molecule has 0 atom stereocenters. The minimum absolute atomic E-state index is 0.384. The van der Waals surface area contributed by atoms with Crippen molar-refractivity contribution in [3.05, 3.63) is 36.4 Å². The van der Waals surface area contributed by atoms with Crippen LogP contribution in [0.2, 0.25) is 0 Å². The average molecular weight is 174 g/mol. The number of hydrogen-bond donors (Lipinski definition) is 0. The van der Waals surface area contributed by atoms with Gasteiger partial charge in [0.15, 0.2) is 0 Å². The molecule has 0 spiro atoms. The Kier molecular flexibility index (Phi) is 2.96. The lowest BCUT2D eigenvalue weighted by atomic mass is 10.0. The Bertz CT molecular complexity index is 327. The lowest BCUT2D eigenvalue weighted by Gasteiger charge is -2.09. The second-order valence-corrected chi connectivity index (χ2v) is 3.12. The van der Waals surface area contributed by atoms with Gasteiger partial charge in [-0.25, -0.2) is 9.97 Å². The first-order chi connectivity index (χ1) is 6.20. The highest BCUT2D eigenvalue weighted by atomic mass is 14.8. The van der Waals surface area contributed by atoms with E-state index >= 15 is 0 Å². The molecule has 68 valence electrons. The second-order valence-electron chi connectivity index (χ2n) is 3.12. The van der Waals surface area contributed by atoms with Crippen LogP contribution in [0, 0.1) is 0 Å². The van der Waals surface area contributed by atoms with Crippen molar-refractivity contribution in [2.45, 2.75) is 19.8 Å². The van der Waals surface area contributed by atoms with Crippen molar-refractivity contribution >= 4 is 12.2 Å². The van der Waals surface area contributed by atoms with Crippen LogP contribution in [-0.4, -0.2) is 9.97 Å². The summed E-state index contributed by atoms with van der Waals surface area (Å²) in [5.41, 5.74) is 2.88. The fourth-order valence-electron chi connectivity index (χ4n) is 1.26. The third-order valence-electron chi connectivity index (χ3n) is 1.89. The van der Waals surface area contributed by atoms with Crippen LogP contribution in [0.1, 0.15) is 36.7 Å². The van der Waals surface area contributed by atoms with Crippen LogP contribution in [0.15, 0.2) is 19.5 Å². The van der Waals surface area contributed by atoms with E-state index in [2.05, 4.69) is 37.0 Å². The van der Waals surface area contributed by atoms with Gasteiger partial charge >= 0.3 is 0 Å². The molecule has 0 amide bonds. The predicted octanol–water partition coefficient (Wildman–Crippen LogP) is 2.89. The summed E-state index contributed by atoms with van der Waals surface area (Å²) in [4.78, 5) is 8.34. The molecule has 0 saturated heterocycles. The Morgan fingerprint density at radius 2 is 1.92 bits per heavy atom. The largest absolute Gasteiger partial charge is 0.240 e. The Balaban J connectivity index is 3.35. The highest BCUT2D eigenvalue weighted by molar-refractivity contribution is 5.62. The van der Waals surface area contributed by atoms with E-state index in [1.807, 2.05) is 0 Å². The molecule has 0 aliphatic heterocycles. The molecule has 2 nitrogen and oxygen atoms in total. The first-order valence-corrected chi connectivity index (χ1v) is 4.30. The van der Waals surface area contributed by atoms with E-state index in [9.17, 15) is 0 Å². The van der Waals surface area contributed by atoms with E-state index in [1.54, 1.807) is 18.5 Å². The Morgan fingerprint density at radius 3 is 2.38 bits per heavy atom. The second kappa shape index (κ2) is 3.99. The molecule has 13 heavy (non-hydrogen) atoms. The maximum Gasteiger partial charge on any atom is 0.116 e. The van der Waals surface area contributed by atoms with E-state index in [0.717, 1.165) is 17.0 Å². The van der Waals surface area contributed by atoms with Crippen molar-refractivity contribution in [2.75, 3.05) is 0 Å². The van der Waals surface area contributed by atoms with Crippen LogP contribution in [0.5, 0.6) is 0 Å². The molecule has 0 N–H and O–H groups in total. The zero-order valence-corrected chi connectivity index (χ0v) is 8.12. The summed E-state index contributed by atoms with van der Waals surface area (Å²) in [5, 5.41) is 0. The van der Waals surface area contributed by atoms with Crippen LogP contribution in [0.3, 0.4) is 0 Å². The smallest absolute Gasteiger partial charge is 0.116 e. The average Bonchev–Trinajstić information content (AvgIpc) is 2.16. The van der Waals surface area contributed by atoms with Crippen molar-refractivity contribution in [3.63, 3.8) is 0 Å². The van der Waals surface area contributed by atoms with Gasteiger partial charge in [-0.05, 0) is 12.0 Å². The van der Waals surface area contributed by atoms with Gasteiger partial charge in [-0.15, -0.1) is 0 Å². The standard InChI is InChI=1S/C11H14N2/c1-5-9-10(6-2)12-7-13-11(9)8(3)4/h5-8H,1-2H2,3-4H3. The Morgan fingerprint density at radius 1 is 1.23 bits per heavy atom. The Labute approximate surface area is 79.0 Å². The SMILES string of the molecule is C=Cc1ncnc(C(C)C)c1C=C. The molecule has 0 aromatic carbocycles. The number of hydrogen-bond acceptors (Lipinski definition) is 2. The van der Waals surface area contributed by atoms with Crippen molar-refractivity contribution in [1.82, 2.24) is 9.97 Å². The molecule has 0 unspecified atom stereocenters. The van der Waals surface area contributed by atoms with Crippen LogP contribution >= 0.6 is 0 Å². The van der Waals surface area contributed by atoms with Crippen LogP contribution < -0.4 is 0 Å². The van der Waals surface area contributed by atoms with Gasteiger partial charge in [-0.3, -0.25) is 0 Å². The van der Waals surface area contributed by atoms with Gasteiger partial charge in [0, 0.05) is 5.56 Å². The summed E-state index contributed by atoms with van der Waals surface area (Å²) in [6.45, 7) is 11.7. The molecule has 1 heterocycles. The first-order valence-electron chi connectivity index (χ1n) is 4.30. The third kappa shape index (κ3) is 1.83. The molecule has 2 heteroatoms. The lowest BCUT2D eigenvalue weighted by molar-refractivity contribution is 0.809. The summed E-state index contributed by atoms with van der Waals surface area (Å²) in [5.74, 6) is 0.384. The van der Waals surface area contributed by atoms with Crippen molar-refractivity contribution in [3.8, 4) is 0 Å². The van der Waals surface area contributed by atoms with Crippen LogP contribution in [0.4, 0.5) is 0 Å². The van der Waals surface area contributed by atoms with Gasteiger partial charge in [0.2, 0.25) is 0 Å². The molecule has 1 aromatic rings. The van der Waals surface area contributed by atoms with E-state index in [0.29, 0.717) is 5.92 Å². The maximum absolute atomic E-state index is 4.23. The Hall–Kier alpha value is -1.44. The van der Waals surface area contributed by atoms with Gasteiger partial charge in [0.05, 0.1) is 11.4 Å². The lowest BCUT2D eigenvalue weighted by Crippen LogP contribution is -2.00. The highest BCUT2D eigenvalue weighted by Crippen LogP contribution is 2.20. The number of aromatic nitrogens is 2. The summed E-state index contributed by atoms with van der Waals surface area (Å²) in [7, 11) is 0.